The van der Waals surface area contributed by atoms with Gasteiger partial charge in [-0.25, -0.2) is 0 Å². The third kappa shape index (κ3) is 5.58. The van der Waals surface area contributed by atoms with E-state index in [-0.39, 0.29) is 24.5 Å². The van der Waals surface area contributed by atoms with E-state index in [4.69, 9.17) is 11.6 Å². The normalized spacial score (nSPS) is 14.3. The van der Waals surface area contributed by atoms with E-state index >= 15 is 0 Å². The zero-order valence-electron chi connectivity index (χ0n) is 14.6. The number of anilines is 2. The highest BCUT2D eigenvalue weighted by Gasteiger charge is 2.14. The van der Waals surface area contributed by atoms with Crippen molar-refractivity contribution < 1.29 is 9.59 Å². The van der Waals surface area contributed by atoms with E-state index in [1.54, 1.807) is 12.1 Å². The molecule has 0 spiro atoms. The van der Waals surface area contributed by atoms with Gasteiger partial charge in [0.1, 0.15) is 0 Å². The molecular weight excluding hydrogens is 368 g/mol. The number of carbonyl (C=O) groups is 2. The molecule has 1 aliphatic rings. The zero-order valence-corrected chi connectivity index (χ0v) is 16.2. The number of benzene rings is 1. The number of hydrogen-bond donors (Lipinski definition) is 2. The molecule has 1 heterocycles. The summed E-state index contributed by atoms with van der Waals surface area (Å²) < 4.78 is 0.583. The van der Waals surface area contributed by atoms with Crippen LogP contribution in [0.5, 0.6) is 0 Å². The molecule has 6 heteroatoms. The number of rotatable bonds is 8. The van der Waals surface area contributed by atoms with Gasteiger partial charge in [-0.3, -0.25) is 9.59 Å². The molecular formula is C20H23ClN2O2S. The summed E-state index contributed by atoms with van der Waals surface area (Å²) >= 11 is 7.07. The summed E-state index contributed by atoms with van der Waals surface area (Å²) in [5.41, 5.74) is 1.81. The minimum Gasteiger partial charge on any atom is -0.385 e. The number of nitrogens with one attached hydrogen (secondary N) is 2. The van der Waals surface area contributed by atoms with Crippen LogP contribution in [0.3, 0.4) is 0 Å². The van der Waals surface area contributed by atoms with Crippen LogP contribution in [0.25, 0.3) is 0 Å². The lowest BCUT2D eigenvalue weighted by Crippen LogP contribution is -2.13. The van der Waals surface area contributed by atoms with Gasteiger partial charge in [0.2, 0.25) is 5.91 Å². The number of thiophene rings is 1. The van der Waals surface area contributed by atoms with Gasteiger partial charge in [-0.2, -0.15) is 0 Å². The lowest BCUT2D eigenvalue weighted by Gasteiger charge is -2.12. The first-order valence-corrected chi connectivity index (χ1v) is 10.2. The molecule has 0 bridgehead atoms. The van der Waals surface area contributed by atoms with E-state index in [0.29, 0.717) is 9.21 Å². The maximum Gasteiger partial charge on any atom is 0.224 e. The van der Waals surface area contributed by atoms with Gasteiger partial charge < -0.3 is 10.6 Å². The number of halogens is 1. The van der Waals surface area contributed by atoms with E-state index in [2.05, 4.69) is 10.6 Å². The van der Waals surface area contributed by atoms with E-state index in [1.165, 1.54) is 37.0 Å². The molecule has 0 unspecified atom stereocenters. The second-order valence-corrected chi connectivity index (χ2v) is 8.40. The summed E-state index contributed by atoms with van der Waals surface area (Å²) in [6.07, 6.45) is 5.67. The van der Waals surface area contributed by atoms with Gasteiger partial charge in [0.25, 0.3) is 0 Å². The Bertz CT molecular complexity index is 751. The van der Waals surface area contributed by atoms with Crippen LogP contribution in [-0.4, -0.2) is 18.2 Å². The predicted molar refractivity (Wildman–Crippen MR) is 108 cm³/mol. The van der Waals surface area contributed by atoms with Crippen LogP contribution in [-0.2, 0) is 4.79 Å². The lowest BCUT2D eigenvalue weighted by molar-refractivity contribution is -0.116. The number of Topliss-reactive ketones (excluding diaryl/α,β-unsaturated/α-hetero) is 1. The smallest absolute Gasteiger partial charge is 0.224 e. The van der Waals surface area contributed by atoms with Crippen molar-refractivity contribution in [3.63, 3.8) is 0 Å². The number of amides is 1. The summed E-state index contributed by atoms with van der Waals surface area (Å²) in [5, 5.41) is 6.30. The minimum absolute atomic E-state index is 0.0523. The van der Waals surface area contributed by atoms with Crippen LogP contribution in [0.1, 0.15) is 48.2 Å². The van der Waals surface area contributed by atoms with Crippen molar-refractivity contribution >= 4 is 46.0 Å². The molecule has 1 aromatic carbocycles. The fraction of sp³-hybridized carbons (Fsp3) is 0.400. The van der Waals surface area contributed by atoms with Crippen LogP contribution in [0.15, 0.2) is 36.4 Å². The summed E-state index contributed by atoms with van der Waals surface area (Å²) in [6.45, 7) is 1.01. The van der Waals surface area contributed by atoms with Crippen molar-refractivity contribution in [1.82, 2.24) is 0 Å². The molecule has 1 aromatic heterocycles. The first kappa shape index (κ1) is 18.9. The molecule has 0 saturated heterocycles. The van der Waals surface area contributed by atoms with Crippen molar-refractivity contribution in [2.24, 2.45) is 5.92 Å². The topological polar surface area (TPSA) is 58.2 Å². The fourth-order valence-corrected chi connectivity index (χ4v) is 4.20. The molecule has 1 fully saturated rings. The van der Waals surface area contributed by atoms with Gasteiger partial charge in [0, 0.05) is 30.8 Å². The van der Waals surface area contributed by atoms with E-state index in [9.17, 15) is 9.59 Å². The average Bonchev–Trinajstić information content (AvgIpc) is 3.31. The van der Waals surface area contributed by atoms with Crippen molar-refractivity contribution in [2.75, 3.05) is 17.2 Å². The van der Waals surface area contributed by atoms with Gasteiger partial charge >= 0.3 is 0 Å². The quantitative estimate of drug-likeness (QED) is 0.576. The van der Waals surface area contributed by atoms with Crippen molar-refractivity contribution in [3.05, 3.63) is 45.6 Å². The van der Waals surface area contributed by atoms with Crippen LogP contribution in [0.4, 0.5) is 11.4 Å². The third-order valence-electron chi connectivity index (χ3n) is 4.67. The standard InChI is InChI=1S/C20H23ClN2O2S/c21-19-11-10-18(26-19)17(24)9-12-20(25)23-16-7-5-15(6-8-16)22-13-14-3-1-2-4-14/h5-8,10-11,14,22H,1-4,9,12-13H2,(H,23,25). The second kappa shape index (κ2) is 9.19. The molecule has 0 aliphatic heterocycles. The van der Waals surface area contributed by atoms with Gasteiger partial charge in [-0.1, -0.05) is 24.4 Å². The van der Waals surface area contributed by atoms with Gasteiger partial charge in [-0.15, -0.1) is 11.3 Å². The molecule has 2 N–H and O–H groups in total. The number of ketones is 1. The summed E-state index contributed by atoms with van der Waals surface area (Å²) in [7, 11) is 0. The Morgan fingerprint density at radius 3 is 2.35 bits per heavy atom. The largest absolute Gasteiger partial charge is 0.385 e. The van der Waals surface area contributed by atoms with E-state index in [0.717, 1.165) is 23.8 Å². The molecule has 138 valence electrons. The second-order valence-electron chi connectivity index (χ2n) is 6.68. The Kier molecular flexibility index (Phi) is 6.69. The lowest BCUT2D eigenvalue weighted by atomic mass is 10.1. The van der Waals surface area contributed by atoms with E-state index < -0.39 is 0 Å². The Morgan fingerprint density at radius 1 is 1.00 bits per heavy atom. The summed E-state index contributed by atoms with van der Waals surface area (Å²) in [6, 6.07) is 11.1. The van der Waals surface area contributed by atoms with Crippen LogP contribution in [0.2, 0.25) is 4.34 Å². The van der Waals surface area contributed by atoms with Gasteiger partial charge in [0.15, 0.2) is 5.78 Å². The number of carbonyl (C=O) groups excluding carboxylic acids is 2. The highest BCUT2D eigenvalue weighted by molar-refractivity contribution is 7.18. The Labute approximate surface area is 162 Å². The van der Waals surface area contributed by atoms with Crippen molar-refractivity contribution in [3.8, 4) is 0 Å². The Hall–Kier alpha value is -1.85. The number of hydrogen-bond acceptors (Lipinski definition) is 4. The predicted octanol–water partition coefficient (Wildman–Crippen LogP) is 5.61. The summed E-state index contributed by atoms with van der Waals surface area (Å²) in [5.74, 6) is 0.571. The van der Waals surface area contributed by atoms with E-state index in [1.807, 2.05) is 24.3 Å². The van der Waals surface area contributed by atoms with Crippen molar-refractivity contribution in [2.45, 2.75) is 38.5 Å². The molecule has 4 nitrogen and oxygen atoms in total. The molecule has 1 saturated carbocycles. The molecule has 1 aliphatic carbocycles. The van der Waals surface area contributed by atoms with Gasteiger partial charge in [0.05, 0.1) is 9.21 Å². The molecule has 0 radical (unpaired) electrons. The molecule has 1 amide bonds. The minimum atomic E-state index is -0.160. The molecule has 0 atom stereocenters. The van der Waals surface area contributed by atoms with Crippen LogP contribution in [0, 0.1) is 5.92 Å². The van der Waals surface area contributed by atoms with Crippen molar-refractivity contribution in [1.29, 1.82) is 0 Å². The van der Waals surface area contributed by atoms with Crippen LogP contribution < -0.4 is 10.6 Å². The highest BCUT2D eigenvalue weighted by Crippen LogP contribution is 2.25. The highest BCUT2D eigenvalue weighted by atomic mass is 35.5. The first-order valence-electron chi connectivity index (χ1n) is 9.02. The maximum atomic E-state index is 12.0. The Morgan fingerprint density at radius 2 is 1.69 bits per heavy atom. The fourth-order valence-electron chi connectivity index (χ4n) is 3.19. The maximum absolute atomic E-state index is 12.0. The first-order chi connectivity index (χ1) is 12.6. The SMILES string of the molecule is O=C(CCC(=O)c1ccc(Cl)s1)Nc1ccc(NCC2CCCC2)cc1. The monoisotopic (exact) mass is 390 g/mol. The molecule has 26 heavy (non-hydrogen) atoms. The zero-order chi connectivity index (χ0) is 18.4. The van der Waals surface area contributed by atoms with Crippen LogP contribution >= 0.6 is 22.9 Å². The van der Waals surface area contributed by atoms with Gasteiger partial charge in [-0.05, 0) is 55.2 Å². The third-order valence-corrected chi connectivity index (χ3v) is 5.94. The summed E-state index contributed by atoms with van der Waals surface area (Å²) in [4.78, 5) is 24.6. The average molecular weight is 391 g/mol. The molecule has 3 rings (SSSR count). The molecule has 2 aromatic rings. The Balaban J connectivity index is 1.41.